The standard InChI is InChI=1S/C26H28N4O7S/c1-19(26(32)27-2)28(17-20-9-7-12-23(15-20)37-3)25(31)18-29(21-10-8-11-22(16-21)30(33)34)38(35,36)24-13-5-4-6-14-24/h4-16,19H,17-18H2,1-3H3,(H,27,32)/t19-/m1/s1. The van der Waals surface area contributed by atoms with Crippen LogP contribution in [0, 0.1) is 10.1 Å². The molecule has 0 saturated carbocycles. The summed E-state index contributed by atoms with van der Waals surface area (Å²) >= 11 is 0. The first-order valence-corrected chi connectivity index (χ1v) is 13.0. The minimum absolute atomic E-state index is 0.0151. The number of benzene rings is 3. The van der Waals surface area contributed by atoms with Crippen LogP contribution in [0.5, 0.6) is 5.75 Å². The van der Waals surface area contributed by atoms with Crippen LogP contribution >= 0.6 is 0 Å². The predicted octanol–water partition coefficient (Wildman–Crippen LogP) is 2.96. The first kappa shape index (κ1) is 28.1. The van der Waals surface area contributed by atoms with Crippen LogP contribution in [-0.4, -0.2) is 56.8 Å². The largest absolute Gasteiger partial charge is 0.497 e. The van der Waals surface area contributed by atoms with Crippen molar-refractivity contribution in [3.05, 3.63) is 94.5 Å². The number of hydrogen-bond donors (Lipinski definition) is 1. The molecule has 0 saturated heterocycles. The third-order valence-electron chi connectivity index (χ3n) is 5.84. The third-order valence-corrected chi connectivity index (χ3v) is 7.63. The molecule has 11 nitrogen and oxygen atoms in total. The average Bonchev–Trinajstić information content (AvgIpc) is 2.94. The van der Waals surface area contributed by atoms with Crippen LogP contribution < -0.4 is 14.4 Å². The maximum atomic E-state index is 13.7. The van der Waals surface area contributed by atoms with Crippen molar-refractivity contribution in [3.8, 4) is 5.75 Å². The van der Waals surface area contributed by atoms with E-state index >= 15 is 0 Å². The Labute approximate surface area is 220 Å². The number of nitrogens with one attached hydrogen (secondary N) is 1. The van der Waals surface area contributed by atoms with Crippen LogP contribution in [0.2, 0.25) is 0 Å². The number of carbonyl (C=O) groups is 2. The summed E-state index contributed by atoms with van der Waals surface area (Å²) in [6.07, 6.45) is 0. The first-order valence-electron chi connectivity index (χ1n) is 11.5. The molecule has 0 aliphatic rings. The minimum Gasteiger partial charge on any atom is -0.497 e. The number of anilines is 1. The highest BCUT2D eigenvalue weighted by molar-refractivity contribution is 7.92. The van der Waals surface area contributed by atoms with Gasteiger partial charge in [-0.3, -0.25) is 24.0 Å². The number of hydrogen-bond acceptors (Lipinski definition) is 7. The van der Waals surface area contributed by atoms with Gasteiger partial charge in [-0.1, -0.05) is 36.4 Å². The molecule has 0 spiro atoms. The van der Waals surface area contributed by atoms with Crippen LogP contribution in [0.25, 0.3) is 0 Å². The van der Waals surface area contributed by atoms with E-state index in [0.29, 0.717) is 11.3 Å². The van der Waals surface area contributed by atoms with E-state index in [-0.39, 0.29) is 22.8 Å². The molecule has 0 aliphatic carbocycles. The number of non-ortho nitro benzene ring substituents is 1. The molecule has 0 unspecified atom stereocenters. The van der Waals surface area contributed by atoms with Gasteiger partial charge in [-0.05, 0) is 42.8 Å². The molecule has 12 heteroatoms. The number of sulfonamides is 1. The molecule has 0 aliphatic heterocycles. The quantitative estimate of drug-likeness (QED) is 0.291. The van der Waals surface area contributed by atoms with Gasteiger partial charge in [-0.25, -0.2) is 8.42 Å². The second-order valence-electron chi connectivity index (χ2n) is 8.27. The van der Waals surface area contributed by atoms with Crippen molar-refractivity contribution in [3.63, 3.8) is 0 Å². The fourth-order valence-electron chi connectivity index (χ4n) is 3.77. The molecule has 0 fully saturated rings. The van der Waals surface area contributed by atoms with E-state index < -0.39 is 39.3 Å². The Morgan fingerprint density at radius 1 is 1.03 bits per heavy atom. The monoisotopic (exact) mass is 540 g/mol. The van der Waals surface area contributed by atoms with Crippen LogP contribution in [-0.2, 0) is 26.2 Å². The normalized spacial score (nSPS) is 11.8. The smallest absolute Gasteiger partial charge is 0.271 e. The summed E-state index contributed by atoms with van der Waals surface area (Å²) < 4.78 is 33.4. The molecular weight excluding hydrogens is 512 g/mol. The van der Waals surface area contributed by atoms with Crippen molar-refractivity contribution in [1.82, 2.24) is 10.2 Å². The van der Waals surface area contributed by atoms with E-state index in [2.05, 4.69) is 5.32 Å². The molecule has 3 aromatic rings. The lowest BCUT2D eigenvalue weighted by atomic mass is 10.1. The Bertz CT molecular complexity index is 1410. The molecule has 0 aromatic heterocycles. The summed E-state index contributed by atoms with van der Waals surface area (Å²) in [5.41, 5.74) is 0.252. The zero-order valence-corrected chi connectivity index (χ0v) is 21.9. The van der Waals surface area contributed by atoms with Crippen LogP contribution in [0.4, 0.5) is 11.4 Å². The SMILES string of the molecule is CNC(=O)[C@@H](C)N(Cc1cccc(OC)c1)C(=O)CN(c1cccc([N+](=O)[O-])c1)S(=O)(=O)c1ccccc1. The van der Waals surface area contributed by atoms with E-state index in [0.717, 1.165) is 10.4 Å². The van der Waals surface area contributed by atoms with E-state index in [1.165, 1.54) is 68.4 Å². The maximum absolute atomic E-state index is 13.7. The number of rotatable bonds is 11. The fraction of sp³-hybridized carbons (Fsp3) is 0.231. The Hall–Kier alpha value is -4.45. The van der Waals surface area contributed by atoms with Crippen LogP contribution in [0.3, 0.4) is 0 Å². The van der Waals surface area contributed by atoms with Gasteiger partial charge in [0.05, 0.1) is 22.6 Å². The van der Waals surface area contributed by atoms with E-state index in [9.17, 15) is 28.1 Å². The van der Waals surface area contributed by atoms with Crippen LogP contribution in [0.1, 0.15) is 12.5 Å². The molecule has 1 atom stereocenters. The zero-order valence-electron chi connectivity index (χ0n) is 21.1. The number of nitrogens with zero attached hydrogens (tertiary/aromatic N) is 3. The highest BCUT2D eigenvalue weighted by Crippen LogP contribution is 2.27. The van der Waals surface area contributed by atoms with Crippen molar-refractivity contribution in [2.24, 2.45) is 0 Å². The molecule has 38 heavy (non-hydrogen) atoms. The van der Waals surface area contributed by atoms with E-state index in [4.69, 9.17) is 4.74 Å². The highest BCUT2D eigenvalue weighted by atomic mass is 32.2. The number of nitro groups is 1. The number of ether oxygens (including phenoxy) is 1. The molecule has 1 N–H and O–H groups in total. The topological polar surface area (TPSA) is 139 Å². The van der Waals surface area contributed by atoms with Gasteiger partial charge in [-0.15, -0.1) is 0 Å². The second kappa shape index (κ2) is 12.2. The zero-order chi connectivity index (χ0) is 27.9. The number of nitro benzene ring substituents is 1. The Morgan fingerprint density at radius 2 is 1.71 bits per heavy atom. The second-order valence-corrected chi connectivity index (χ2v) is 10.1. The maximum Gasteiger partial charge on any atom is 0.271 e. The van der Waals surface area contributed by atoms with Crippen molar-refractivity contribution >= 4 is 33.2 Å². The van der Waals surface area contributed by atoms with Gasteiger partial charge in [-0.2, -0.15) is 0 Å². The number of methoxy groups -OCH3 is 1. The summed E-state index contributed by atoms with van der Waals surface area (Å²) in [6, 6.07) is 18.4. The van der Waals surface area contributed by atoms with Gasteiger partial charge < -0.3 is 15.0 Å². The van der Waals surface area contributed by atoms with Crippen LogP contribution in [0.15, 0.2) is 83.8 Å². The van der Waals surface area contributed by atoms with Gasteiger partial charge in [0.1, 0.15) is 18.3 Å². The summed E-state index contributed by atoms with van der Waals surface area (Å²) in [4.78, 5) is 38.1. The van der Waals surface area contributed by atoms with Gasteiger partial charge >= 0.3 is 0 Å². The van der Waals surface area contributed by atoms with Crippen molar-refractivity contribution in [2.75, 3.05) is 25.0 Å². The number of likely N-dealkylation sites (N-methyl/N-ethyl adjacent to an activating group) is 1. The average molecular weight is 541 g/mol. The Balaban J connectivity index is 2.06. The molecule has 3 aromatic carbocycles. The summed E-state index contributed by atoms with van der Waals surface area (Å²) in [5, 5.41) is 13.9. The predicted molar refractivity (Wildman–Crippen MR) is 141 cm³/mol. The van der Waals surface area contributed by atoms with E-state index in [1.807, 2.05) is 0 Å². The lowest BCUT2D eigenvalue weighted by Crippen LogP contribution is -2.50. The number of amides is 2. The molecule has 0 bridgehead atoms. The lowest BCUT2D eigenvalue weighted by Gasteiger charge is -2.31. The number of carbonyl (C=O) groups excluding carboxylic acids is 2. The van der Waals surface area contributed by atoms with Gasteiger partial charge in [0.2, 0.25) is 11.8 Å². The third kappa shape index (κ3) is 6.45. The fourth-order valence-corrected chi connectivity index (χ4v) is 5.20. The minimum atomic E-state index is -4.32. The highest BCUT2D eigenvalue weighted by Gasteiger charge is 2.32. The summed E-state index contributed by atoms with van der Waals surface area (Å²) in [7, 11) is -1.38. The molecular formula is C26H28N4O7S. The van der Waals surface area contributed by atoms with Gasteiger partial charge in [0, 0.05) is 25.7 Å². The van der Waals surface area contributed by atoms with Gasteiger partial charge in [0.25, 0.3) is 15.7 Å². The Kier molecular flexibility index (Phi) is 9.02. The van der Waals surface area contributed by atoms with Crippen molar-refractivity contribution < 1.29 is 27.7 Å². The lowest BCUT2D eigenvalue weighted by molar-refractivity contribution is -0.384. The molecule has 0 heterocycles. The van der Waals surface area contributed by atoms with E-state index in [1.54, 1.807) is 30.3 Å². The summed E-state index contributed by atoms with van der Waals surface area (Å²) in [5.74, 6) is -0.587. The Morgan fingerprint density at radius 3 is 2.34 bits per heavy atom. The van der Waals surface area contributed by atoms with Crippen molar-refractivity contribution in [2.45, 2.75) is 24.4 Å². The summed E-state index contributed by atoms with van der Waals surface area (Å²) in [6.45, 7) is 0.808. The first-order chi connectivity index (χ1) is 18.1. The molecule has 0 radical (unpaired) electrons. The molecule has 3 rings (SSSR count). The van der Waals surface area contributed by atoms with Gasteiger partial charge in [0.15, 0.2) is 0 Å². The molecule has 2 amide bonds. The molecule has 200 valence electrons. The van der Waals surface area contributed by atoms with Crippen molar-refractivity contribution in [1.29, 1.82) is 0 Å².